The number of hydrogen-bond donors (Lipinski definition) is 3. The molecule has 0 atom stereocenters. The molecule has 5 rings (SSSR count). The number of anilines is 1. The van der Waals surface area contributed by atoms with Crippen LogP contribution in [0.4, 0.5) is 10.6 Å². The van der Waals surface area contributed by atoms with Crippen molar-refractivity contribution in [2.45, 2.75) is 63.5 Å². The number of piperazine rings is 1. The number of nitrogens with one attached hydrogen (secondary N) is 1. The first kappa shape index (κ1) is 22.1. The van der Waals surface area contributed by atoms with Crippen LogP contribution < -0.4 is 15.0 Å². The minimum Gasteiger partial charge on any atom is -0.493 e. The van der Waals surface area contributed by atoms with Gasteiger partial charge in [0, 0.05) is 50.4 Å². The van der Waals surface area contributed by atoms with Gasteiger partial charge in [-0.2, -0.15) is 0 Å². The van der Waals surface area contributed by atoms with Crippen molar-refractivity contribution in [2.75, 3.05) is 44.2 Å². The van der Waals surface area contributed by atoms with Crippen LogP contribution in [0.1, 0.15) is 50.5 Å². The lowest BCUT2D eigenvalue weighted by Gasteiger charge is -2.37. The number of hydrogen-bond acceptors (Lipinski definition) is 6. The maximum Gasteiger partial charge on any atom is 0.404 e. The second kappa shape index (κ2) is 10.5. The zero-order chi connectivity index (χ0) is 21.6. The summed E-state index contributed by atoms with van der Waals surface area (Å²) in [6.45, 7) is 6.15. The number of rotatable bonds is 5. The van der Waals surface area contributed by atoms with E-state index in [2.05, 4.69) is 20.1 Å². The Bertz CT molecular complexity index is 726. The molecular formula is C23H36N4O4. The summed E-state index contributed by atoms with van der Waals surface area (Å²) < 4.78 is 5.67. The highest BCUT2D eigenvalue weighted by Gasteiger charge is 2.26. The Morgan fingerprint density at radius 1 is 1.13 bits per heavy atom. The second-order valence-electron chi connectivity index (χ2n) is 9.23. The van der Waals surface area contributed by atoms with E-state index in [9.17, 15) is 4.79 Å². The molecule has 3 N–H and O–H groups in total. The van der Waals surface area contributed by atoms with Crippen LogP contribution in [-0.2, 0) is 6.42 Å². The van der Waals surface area contributed by atoms with Gasteiger partial charge in [-0.05, 0) is 63.5 Å². The van der Waals surface area contributed by atoms with E-state index in [1.165, 1.54) is 12.0 Å². The van der Waals surface area contributed by atoms with Crippen molar-refractivity contribution in [1.29, 1.82) is 0 Å². The number of nitrogens with zero attached hydrogens (tertiary/aromatic N) is 3. The van der Waals surface area contributed by atoms with Gasteiger partial charge in [-0.1, -0.05) is 0 Å². The van der Waals surface area contributed by atoms with Gasteiger partial charge < -0.3 is 25.2 Å². The molecule has 3 heterocycles. The third-order valence-electron chi connectivity index (χ3n) is 6.85. The van der Waals surface area contributed by atoms with E-state index in [-0.39, 0.29) is 12.1 Å². The van der Waals surface area contributed by atoms with Gasteiger partial charge in [0.15, 0.2) is 0 Å². The summed E-state index contributed by atoms with van der Waals surface area (Å²) >= 11 is 0. The number of fused-ring (bicyclic) bond motifs is 1. The first-order chi connectivity index (χ1) is 15.1. The predicted octanol–water partition coefficient (Wildman–Crippen LogP) is 2.50. The SMILES string of the molecule is O=C(O)N[C@H]1CC[C@H](CCN2CCN(c3nccc4c3CCO4)CC2)CC1.OC1CC1. The van der Waals surface area contributed by atoms with Crippen LogP contribution in [0.25, 0.3) is 0 Å². The van der Waals surface area contributed by atoms with Crippen LogP contribution >= 0.6 is 0 Å². The summed E-state index contributed by atoms with van der Waals surface area (Å²) in [4.78, 5) is 20.3. The average molecular weight is 433 g/mol. The number of ether oxygens (including phenoxy) is 1. The van der Waals surface area contributed by atoms with Gasteiger partial charge >= 0.3 is 6.09 Å². The molecule has 1 amide bonds. The molecule has 1 aromatic rings. The topological polar surface area (TPSA) is 98.2 Å². The summed E-state index contributed by atoms with van der Waals surface area (Å²) in [5.41, 5.74) is 1.28. The predicted molar refractivity (Wildman–Crippen MR) is 119 cm³/mol. The molecule has 3 fully saturated rings. The van der Waals surface area contributed by atoms with Crippen molar-refractivity contribution in [1.82, 2.24) is 15.2 Å². The average Bonchev–Trinajstić information content (AvgIpc) is 3.40. The summed E-state index contributed by atoms with van der Waals surface area (Å²) in [6.07, 6.45) is 9.60. The molecule has 2 saturated carbocycles. The molecule has 0 aromatic carbocycles. The molecule has 2 aliphatic heterocycles. The number of aromatic nitrogens is 1. The third-order valence-corrected chi connectivity index (χ3v) is 6.85. The minimum absolute atomic E-state index is 0.0833. The van der Waals surface area contributed by atoms with E-state index >= 15 is 0 Å². The summed E-state index contributed by atoms with van der Waals surface area (Å²) in [6, 6.07) is 2.13. The Labute approximate surface area is 184 Å². The fourth-order valence-corrected chi connectivity index (χ4v) is 4.76. The zero-order valence-corrected chi connectivity index (χ0v) is 18.3. The molecule has 8 heteroatoms. The highest BCUT2D eigenvalue weighted by molar-refractivity contribution is 5.64. The lowest BCUT2D eigenvalue weighted by Crippen LogP contribution is -2.47. The van der Waals surface area contributed by atoms with Crippen molar-refractivity contribution < 1.29 is 19.7 Å². The highest BCUT2D eigenvalue weighted by Crippen LogP contribution is 2.32. The quantitative estimate of drug-likeness (QED) is 0.658. The van der Waals surface area contributed by atoms with Gasteiger partial charge in [0.25, 0.3) is 0 Å². The fourth-order valence-electron chi connectivity index (χ4n) is 4.76. The van der Waals surface area contributed by atoms with Crippen LogP contribution in [0.3, 0.4) is 0 Å². The van der Waals surface area contributed by atoms with Crippen LogP contribution in [0.5, 0.6) is 5.75 Å². The molecule has 31 heavy (non-hydrogen) atoms. The molecule has 1 saturated heterocycles. The van der Waals surface area contributed by atoms with Gasteiger partial charge in [-0.15, -0.1) is 0 Å². The normalized spacial score (nSPS) is 25.8. The van der Waals surface area contributed by atoms with Gasteiger partial charge in [0.05, 0.1) is 12.7 Å². The van der Waals surface area contributed by atoms with Gasteiger partial charge in [0.2, 0.25) is 0 Å². The number of aliphatic hydroxyl groups is 1. The Balaban J connectivity index is 0.000000520. The monoisotopic (exact) mass is 432 g/mol. The van der Waals surface area contributed by atoms with E-state index < -0.39 is 6.09 Å². The first-order valence-corrected chi connectivity index (χ1v) is 11.8. The number of pyridine rings is 1. The van der Waals surface area contributed by atoms with E-state index in [0.29, 0.717) is 0 Å². The maximum absolute atomic E-state index is 10.7. The molecule has 2 aliphatic carbocycles. The van der Waals surface area contributed by atoms with Crippen molar-refractivity contribution in [3.8, 4) is 5.75 Å². The number of amides is 1. The van der Waals surface area contributed by atoms with E-state index in [1.54, 1.807) is 0 Å². The Kier molecular flexibility index (Phi) is 7.50. The maximum atomic E-state index is 10.7. The smallest absolute Gasteiger partial charge is 0.404 e. The Morgan fingerprint density at radius 2 is 1.84 bits per heavy atom. The first-order valence-electron chi connectivity index (χ1n) is 11.8. The largest absolute Gasteiger partial charge is 0.493 e. The van der Waals surface area contributed by atoms with Crippen molar-refractivity contribution in [3.63, 3.8) is 0 Å². The Hall–Kier alpha value is -2.06. The van der Waals surface area contributed by atoms with Crippen molar-refractivity contribution >= 4 is 11.9 Å². The van der Waals surface area contributed by atoms with Crippen LogP contribution in [0.15, 0.2) is 12.3 Å². The number of aliphatic hydroxyl groups excluding tert-OH is 1. The molecule has 0 bridgehead atoms. The lowest BCUT2D eigenvalue weighted by molar-refractivity contribution is 0.177. The molecule has 0 unspecified atom stereocenters. The standard InChI is InChI=1S/C20H30N4O3.C3H6O/c25-20(26)22-16-3-1-15(2-4-16)6-9-23-10-12-24(13-11-23)19-17-7-14-27-18(17)5-8-21-19;4-3-1-2-3/h5,8,15-16,22H,1-4,6-7,9-14H2,(H,25,26);3-4H,1-2H2/t15-,16-;. The molecule has 172 valence electrons. The molecular weight excluding hydrogens is 396 g/mol. The highest BCUT2D eigenvalue weighted by atomic mass is 16.5. The van der Waals surface area contributed by atoms with E-state index in [4.69, 9.17) is 14.9 Å². The Morgan fingerprint density at radius 3 is 2.48 bits per heavy atom. The van der Waals surface area contributed by atoms with Crippen molar-refractivity contribution in [3.05, 3.63) is 17.8 Å². The third kappa shape index (κ3) is 6.46. The molecule has 0 spiro atoms. The summed E-state index contributed by atoms with van der Waals surface area (Å²) in [7, 11) is 0. The van der Waals surface area contributed by atoms with Gasteiger partial charge in [0.1, 0.15) is 11.6 Å². The minimum atomic E-state index is -0.888. The molecule has 4 aliphatic rings. The van der Waals surface area contributed by atoms with E-state index in [0.717, 1.165) is 102 Å². The number of carbonyl (C=O) groups is 1. The van der Waals surface area contributed by atoms with Crippen LogP contribution in [0.2, 0.25) is 0 Å². The fraction of sp³-hybridized carbons (Fsp3) is 0.739. The summed E-state index contributed by atoms with van der Waals surface area (Å²) in [5, 5.41) is 19.6. The second-order valence-corrected chi connectivity index (χ2v) is 9.23. The lowest BCUT2D eigenvalue weighted by atomic mass is 9.84. The van der Waals surface area contributed by atoms with Gasteiger partial charge in [-0.3, -0.25) is 4.90 Å². The van der Waals surface area contributed by atoms with Crippen molar-refractivity contribution in [2.24, 2.45) is 5.92 Å². The van der Waals surface area contributed by atoms with E-state index in [1.807, 2.05) is 12.3 Å². The molecule has 8 nitrogen and oxygen atoms in total. The van der Waals surface area contributed by atoms with Crippen LogP contribution in [0, 0.1) is 5.92 Å². The molecule has 1 aromatic heterocycles. The van der Waals surface area contributed by atoms with Gasteiger partial charge in [-0.25, -0.2) is 9.78 Å². The number of carboxylic acid groups (broad SMARTS) is 1. The van der Waals surface area contributed by atoms with Crippen LogP contribution in [-0.4, -0.2) is 77.7 Å². The summed E-state index contributed by atoms with van der Waals surface area (Å²) in [5.74, 6) is 2.87. The zero-order valence-electron chi connectivity index (χ0n) is 18.3. The molecule has 0 radical (unpaired) electrons.